The summed E-state index contributed by atoms with van der Waals surface area (Å²) in [5, 5.41) is 0. The van der Waals surface area contributed by atoms with Crippen molar-refractivity contribution < 1.29 is 4.74 Å². The molecule has 1 aromatic carbocycles. The first kappa shape index (κ1) is 12.9. The van der Waals surface area contributed by atoms with E-state index in [4.69, 9.17) is 10.5 Å². The van der Waals surface area contributed by atoms with E-state index < -0.39 is 0 Å². The Hall–Kier alpha value is -0.540. The molecular weight excluding hydrogens is 278 g/mol. The molecule has 0 bridgehead atoms. The molecule has 2 N–H and O–H groups in total. The number of hydrogen-bond acceptors (Lipinski definition) is 2. The number of halogens is 1. The molecule has 1 aliphatic carbocycles. The lowest BCUT2D eigenvalue weighted by Crippen LogP contribution is -2.09. The van der Waals surface area contributed by atoms with Gasteiger partial charge in [-0.05, 0) is 43.4 Å². The van der Waals surface area contributed by atoms with Gasteiger partial charge in [-0.1, -0.05) is 34.8 Å². The SMILES string of the molecule is CC(N)c1ccc(OCC2CCCC2)cc1Br. The van der Waals surface area contributed by atoms with Crippen LogP contribution in [0.15, 0.2) is 22.7 Å². The first-order valence-corrected chi connectivity index (χ1v) is 7.14. The Morgan fingerprint density at radius 2 is 2.12 bits per heavy atom. The van der Waals surface area contributed by atoms with Crippen molar-refractivity contribution in [3.8, 4) is 5.75 Å². The Bertz CT molecular complexity index is 372. The molecule has 1 fully saturated rings. The third-order valence-corrected chi connectivity index (χ3v) is 4.11. The molecule has 94 valence electrons. The molecule has 2 rings (SSSR count). The summed E-state index contributed by atoms with van der Waals surface area (Å²) in [6.07, 6.45) is 5.36. The minimum atomic E-state index is 0.0493. The van der Waals surface area contributed by atoms with Crippen LogP contribution in [0.1, 0.15) is 44.2 Å². The van der Waals surface area contributed by atoms with Gasteiger partial charge in [-0.2, -0.15) is 0 Å². The van der Waals surface area contributed by atoms with Crippen LogP contribution in [0.4, 0.5) is 0 Å². The summed E-state index contributed by atoms with van der Waals surface area (Å²) >= 11 is 3.54. The summed E-state index contributed by atoms with van der Waals surface area (Å²) in [5.74, 6) is 1.69. The summed E-state index contributed by atoms with van der Waals surface area (Å²) in [5.41, 5.74) is 6.99. The van der Waals surface area contributed by atoms with Crippen molar-refractivity contribution in [2.75, 3.05) is 6.61 Å². The van der Waals surface area contributed by atoms with Crippen molar-refractivity contribution in [3.05, 3.63) is 28.2 Å². The predicted octanol–water partition coefficient (Wildman–Crippen LogP) is 4.04. The van der Waals surface area contributed by atoms with Gasteiger partial charge in [0.05, 0.1) is 6.61 Å². The highest BCUT2D eigenvalue weighted by molar-refractivity contribution is 9.10. The van der Waals surface area contributed by atoms with Gasteiger partial charge in [0.1, 0.15) is 5.75 Å². The zero-order valence-corrected chi connectivity index (χ0v) is 11.9. The van der Waals surface area contributed by atoms with Crippen LogP contribution in [0.5, 0.6) is 5.75 Å². The summed E-state index contributed by atoms with van der Waals surface area (Å²) < 4.78 is 6.87. The third-order valence-electron chi connectivity index (χ3n) is 3.42. The van der Waals surface area contributed by atoms with Gasteiger partial charge < -0.3 is 10.5 Å². The fourth-order valence-corrected chi connectivity index (χ4v) is 3.08. The molecule has 0 spiro atoms. The van der Waals surface area contributed by atoms with Crippen LogP contribution in [-0.2, 0) is 0 Å². The second kappa shape index (κ2) is 5.87. The molecule has 1 atom stereocenters. The highest BCUT2D eigenvalue weighted by Crippen LogP contribution is 2.29. The highest BCUT2D eigenvalue weighted by atomic mass is 79.9. The van der Waals surface area contributed by atoms with Gasteiger partial charge in [0, 0.05) is 10.5 Å². The first-order chi connectivity index (χ1) is 8.16. The van der Waals surface area contributed by atoms with E-state index in [-0.39, 0.29) is 6.04 Å². The van der Waals surface area contributed by atoms with E-state index in [0.29, 0.717) is 0 Å². The zero-order valence-electron chi connectivity index (χ0n) is 10.3. The molecule has 0 aromatic heterocycles. The first-order valence-electron chi connectivity index (χ1n) is 6.34. The van der Waals surface area contributed by atoms with E-state index in [1.165, 1.54) is 25.7 Å². The topological polar surface area (TPSA) is 35.2 Å². The van der Waals surface area contributed by atoms with E-state index in [2.05, 4.69) is 15.9 Å². The van der Waals surface area contributed by atoms with Crippen LogP contribution in [0, 0.1) is 5.92 Å². The Morgan fingerprint density at radius 3 is 2.71 bits per heavy atom. The summed E-state index contributed by atoms with van der Waals surface area (Å²) in [7, 11) is 0. The maximum absolute atomic E-state index is 5.87. The molecule has 17 heavy (non-hydrogen) atoms. The van der Waals surface area contributed by atoms with Gasteiger partial charge in [-0.25, -0.2) is 0 Å². The minimum absolute atomic E-state index is 0.0493. The van der Waals surface area contributed by atoms with E-state index in [9.17, 15) is 0 Å². The number of benzene rings is 1. The predicted molar refractivity (Wildman–Crippen MR) is 74.2 cm³/mol. The number of ether oxygens (including phenoxy) is 1. The van der Waals surface area contributed by atoms with Crippen molar-refractivity contribution in [2.45, 2.75) is 38.6 Å². The van der Waals surface area contributed by atoms with Crippen molar-refractivity contribution >= 4 is 15.9 Å². The van der Waals surface area contributed by atoms with Gasteiger partial charge in [0.15, 0.2) is 0 Å². The lowest BCUT2D eigenvalue weighted by Gasteiger charge is -2.14. The molecule has 1 aromatic rings. The van der Waals surface area contributed by atoms with E-state index in [0.717, 1.165) is 28.3 Å². The smallest absolute Gasteiger partial charge is 0.120 e. The Labute approximate surface area is 112 Å². The highest BCUT2D eigenvalue weighted by Gasteiger charge is 2.15. The molecule has 0 saturated heterocycles. The number of hydrogen-bond donors (Lipinski definition) is 1. The van der Waals surface area contributed by atoms with Crippen molar-refractivity contribution in [3.63, 3.8) is 0 Å². The molecule has 1 saturated carbocycles. The Morgan fingerprint density at radius 1 is 1.41 bits per heavy atom. The minimum Gasteiger partial charge on any atom is -0.493 e. The maximum Gasteiger partial charge on any atom is 0.120 e. The van der Waals surface area contributed by atoms with E-state index in [1.807, 2.05) is 25.1 Å². The monoisotopic (exact) mass is 297 g/mol. The van der Waals surface area contributed by atoms with Crippen LogP contribution in [0.25, 0.3) is 0 Å². The molecule has 0 radical (unpaired) electrons. The number of nitrogens with two attached hydrogens (primary N) is 1. The second-order valence-electron chi connectivity index (χ2n) is 4.93. The largest absolute Gasteiger partial charge is 0.493 e. The van der Waals surface area contributed by atoms with Gasteiger partial charge in [0.25, 0.3) is 0 Å². The summed E-state index contributed by atoms with van der Waals surface area (Å²) in [4.78, 5) is 0. The molecule has 2 nitrogen and oxygen atoms in total. The zero-order chi connectivity index (χ0) is 12.3. The van der Waals surface area contributed by atoms with Crippen LogP contribution < -0.4 is 10.5 Å². The summed E-state index contributed by atoms with van der Waals surface area (Å²) in [6, 6.07) is 6.12. The van der Waals surface area contributed by atoms with Crippen LogP contribution >= 0.6 is 15.9 Å². The third kappa shape index (κ3) is 3.46. The number of rotatable bonds is 4. The molecule has 1 unspecified atom stereocenters. The van der Waals surface area contributed by atoms with Gasteiger partial charge in [0.2, 0.25) is 0 Å². The summed E-state index contributed by atoms with van der Waals surface area (Å²) in [6.45, 7) is 2.84. The fourth-order valence-electron chi connectivity index (χ4n) is 2.36. The quantitative estimate of drug-likeness (QED) is 0.910. The lowest BCUT2D eigenvalue weighted by molar-refractivity contribution is 0.252. The standard InChI is InChI=1S/C14H20BrNO/c1-10(16)13-7-6-12(8-14(13)15)17-9-11-4-2-3-5-11/h6-8,10-11H,2-5,9,16H2,1H3. The van der Waals surface area contributed by atoms with E-state index >= 15 is 0 Å². The van der Waals surface area contributed by atoms with Crippen LogP contribution in [-0.4, -0.2) is 6.61 Å². The second-order valence-corrected chi connectivity index (χ2v) is 5.79. The Kier molecular flexibility index (Phi) is 4.46. The van der Waals surface area contributed by atoms with Gasteiger partial charge in [-0.15, -0.1) is 0 Å². The van der Waals surface area contributed by atoms with E-state index in [1.54, 1.807) is 0 Å². The molecule has 1 aliphatic rings. The molecule has 3 heteroatoms. The van der Waals surface area contributed by atoms with Crippen molar-refractivity contribution in [1.29, 1.82) is 0 Å². The normalized spacial score (nSPS) is 18.3. The molecule has 0 aliphatic heterocycles. The lowest BCUT2D eigenvalue weighted by atomic mass is 10.1. The molecular formula is C14H20BrNO. The average Bonchev–Trinajstić information content (AvgIpc) is 2.78. The molecule has 0 heterocycles. The van der Waals surface area contributed by atoms with Crippen LogP contribution in [0.2, 0.25) is 0 Å². The fraction of sp³-hybridized carbons (Fsp3) is 0.571. The van der Waals surface area contributed by atoms with Gasteiger partial charge in [-0.3, -0.25) is 0 Å². The molecule has 0 amide bonds. The van der Waals surface area contributed by atoms with Crippen molar-refractivity contribution in [2.24, 2.45) is 11.7 Å². The average molecular weight is 298 g/mol. The van der Waals surface area contributed by atoms with Gasteiger partial charge >= 0.3 is 0 Å². The maximum atomic E-state index is 5.87. The Balaban J connectivity index is 1.94. The van der Waals surface area contributed by atoms with Crippen molar-refractivity contribution in [1.82, 2.24) is 0 Å². The van der Waals surface area contributed by atoms with Crippen LogP contribution in [0.3, 0.4) is 0 Å².